The van der Waals surface area contributed by atoms with E-state index in [-0.39, 0.29) is 48.0 Å². The van der Waals surface area contributed by atoms with Gasteiger partial charge in [-0.05, 0) is 47.9 Å². The summed E-state index contributed by atoms with van der Waals surface area (Å²) in [5.74, 6) is -1.29. The summed E-state index contributed by atoms with van der Waals surface area (Å²) >= 11 is 0. The third-order valence-electron chi connectivity index (χ3n) is 5.84. The molecule has 6 nitrogen and oxygen atoms in total. The average molecular weight is 443 g/mol. The Morgan fingerprint density at radius 1 is 0.774 bits per heavy atom. The summed E-state index contributed by atoms with van der Waals surface area (Å²) < 4.78 is 24.5. The van der Waals surface area contributed by atoms with Crippen molar-refractivity contribution >= 4 is 33.0 Å². The first kappa shape index (κ1) is 23.0. The first-order chi connectivity index (χ1) is 14.8. The van der Waals surface area contributed by atoms with Gasteiger partial charge in [-0.2, -0.15) is 0 Å². The topological polar surface area (TPSA) is 92.3 Å². The Labute approximate surface area is 184 Å². The molecular weight excluding hydrogens is 412 g/mol. The van der Waals surface area contributed by atoms with Gasteiger partial charge in [0, 0.05) is 24.2 Å². The van der Waals surface area contributed by atoms with Crippen molar-refractivity contribution in [3.05, 3.63) is 59.7 Å². The number of hydrogen-bond acceptors (Lipinski definition) is 4. The van der Waals surface area contributed by atoms with Gasteiger partial charge in [0.25, 0.3) is 0 Å². The Bertz CT molecular complexity index is 972. The van der Waals surface area contributed by atoms with E-state index < -0.39 is 9.84 Å². The highest BCUT2D eigenvalue weighted by molar-refractivity contribution is 7.91. The van der Waals surface area contributed by atoms with Gasteiger partial charge in [0.2, 0.25) is 11.8 Å². The molecule has 0 spiro atoms. The zero-order valence-electron chi connectivity index (χ0n) is 18.1. The van der Waals surface area contributed by atoms with Crippen LogP contribution < -0.4 is 10.6 Å². The van der Waals surface area contributed by atoms with Crippen molar-refractivity contribution in [2.24, 2.45) is 11.8 Å². The first-order valence-corrected chi connectivity index (χ1v) is 12.6. The van der Waals surface area contributed by atoms with Crippen LogP contribution in [0.2, 0.25) is 0 Å². The number of amides is 2. The number of anilines is 2. The van der Waals surface area contributed by atoms with Crippen molar-refractivity contribution in [2.45, 2.75) is 39.5 Å². The molecule has 0 aliphatic carbocycles. The van der Waals surface area contributed by atoms with Crippen molar-refractivity contribution < 1.29 is 18.0 Å². The summed E-state index contributed by atoms with van der Waals surface area (Å²) in [7, 11) is -3.27. The minimum absolute atomic E-state index is 0.0562. The normalized spacial score (nSPS) is 19.7. The molecule has 7 heteroatoms. The SMILES string of the molecule is CCc1ccccc1NC(=O)CC1CS(=O)(=O)CC1CC(=O)Nc1ccccc1CC. The number of carbonyl (C=O) groups is 2. The van der Waals surface area contributed by atoms with Gasteiger partial charge in [0.1, 0.15) is 0 Å². The molecule has 0 radical (unpaired) electrons. The first-order valence-electron chi connectivity index (χ1n) is 10.8. The van der Waals surface area contributed by atoms with Crippen LogP contribution in [0.1, 0.15) is 37.8 Å². The van der Waals surface area contributed by atoms with Crippen LogP contribution in [0.25, 0.3) is 0 Å². The fourth-order valence-electron chi connectivity index (χ4n) is 4.22. The molecule has 31 heavy (non-hydrogen) atoms. The third-order valence-corrected chi connectivity index (χ3v) is 7.71. The molecule has 1 fully saturated rings. The van der Waals surface area contributed by atoms with E-state index in [9.17, 15) is 18.0 Å². The van der Waals surface area contributed by atoms with Crippen LogP contribution in [0.3, 0.4) is 0 Å². The van der Waals surface area contributed by atoms with E-state index in [0.717, 1.165) is 35.3 Å². The van der Waals surface area contributed by atoms with Crippen LogP contribution >= 0.6 is 0 Å². The molecule has 1 saturated heterocycles. The van der Waals surface area contributed by atoms with Crippen molar-refractivity contribution in [1.82, 2.24) is 0 Å². The number of carbonyl (C=O) groups excluding carboxylic acids is 2. The van der Waals surface area contributed by atoms with Crippen LogP contribution in [0, 0.1) is 11.8 Å². The largest absolute Gasteiger partial charge is 0.326 e. The highest BCUT2D eigenvalue weighted by atomic mass is 32.2. The molecule has 1 heterocycles. The van der Waals surface area contributed by atoms with E-state index in [0.29, 0.717) is 0 Å². The zero-order valence-corrected chi connectivity index (χ0v) is 18.9. The lowest BCUT2D eigenvalue weighted by Crippen LogP contribution is -2.25. The molecule has 2 amide bonds. The second-order valence-corrected chi connectivity index (χ2v) is 10.3. The molecule has 2 aromatic rings. The maximum absolute atomic E-state index is 12.6. The number of benzene rings is 2. The van der Waals surface area contributed by atoms with Gasteiger partial charge < -0.3 is 10.6 Å². The summed E-state index contributed by atoms with van der Waals surface area (Å²) in [6.45, 7) is 4.03. The molecule has 2 aromatic carbocycles. The van der Waals surface area contributed by atoms with Gasteiger partial charge in [-0.25, -0.2) is 8.42 Å². The minimum atomic E-state index is -3.27. The number of hydrogen-bond donors (Lipinski definition) is 2. The van der Waals surface area contributed by atoms with Crippen molar-refractivity contribution in [1.29, 1.82) is 0 Å². The van der Waals surface area contributed by atoms with Crippen molar-refractivity contribution in [3.8, 4) is 0 Å². The molecule has 166 valence electrons. The van der Waals surface area contributed by atoms with Gasteiger partial charge in [0.05, 0.1) is 11.5 Å². The Morgan fingerprint density at radius 2 is 1.16 bits per heavy atom. The monoisotopic (exact) mass is 442 g/mol. The molecule has 3 rings (SSSR count). The van der Waals surface area contributed by atoms with E-state index in [1.807, 2.05) is 62.4 Å². The lowest BCUT2D eigenvalue weighted by Gasteiger charge is -2.18. The highest BCUT2D eigenvalue weighted by Gasteiger charge is 2.39. The van der Waals surface area contributed by atoms with Gasteiger partial charge in [0.15, 0.2) is 9.84 Å². The smallest absolute Gasteiger partial charge is 0.224 e. The van der Waals surface area contributed by atoms with E-state index in [2.05, 4.69) is 10.6 Å². The third kappa shape index (κ3) is 6.17. The van der Waals surface area contributed by atoms with Crippen molar-refractivity contribution in [3.63, 3.8) is 0 Å². The maximum atomic E-state index is 12.6. The Balaban J connectivity index is 1.65. The predicted octanol–water partition coefficient (Wildman–Crippen LogP) is 3.83. The lowest BCUT2D eigenvalue weighted by molar-refractivity contribution is -0.119. The van der Waals surface area contributed by atoms with E-state index >= 15 is 0 Å². The summed E-state index contributed by atoms with van der Waals surface area (Å²) in [6.07, 6.45) is 1.74. The molecule has 2 N–H and O–H groups in total. The molecule has 2 unspecified atom stereocenters. The summed E-state index contributed by atoms with van der Waals surface area (Å²) in [6, 6.07) is 15.2. The minimum Gasteiger partial charge on any atom is -0.326 e. The van der Waals surface area contributed by atoms with Gasteiger partial charge in [-0.3, -0.25) is 9.59 Å². The molecule has 0 saturated carbocycles. The second kappa shape index (κ2) is 10.1. The fourth-order valence-corrected chi connectivity index (χ4v) is 6.44. The molecular formula is C24H30N2O4S. The number of rotatable bonds is 8. The second-order valence-electron chi connectivity index (χ2n) is 8.12. The molecule has 0 bridgehead atoms. The van der Waals surface area contributed by atoms with Crippen LogP contribution in [-0.2, 0) is 32.3 Å². The zero-order chi connectivity index (χ0) is 22.4. The molecule has 2 atom stereocenters. The van der Waals surface area contributed by atoms with Gasteiger partial charge in [-0.15, -0.1) is 0 Å². The van der Waals surface area contributed by atoms with Crippen molar-refractivity contribution in [2.75, 3.05) is 22.1 Å². The summed E-state index contributed by atoms with van der Waals surface area (Å²) in [5.41, 5.74) is 3.56. The van der Waals surface area contributed by atoms with E-state index in [1.54, 1.807) is 0 Å². The lowest BCUT2D eigenvalue weighted by atomic mass is 9.89. The van der Waals surface area contributed by atoms with Crippen LogP contribution in [-0.4, -0.2) is 31.7 Å². The number of nitrogens with one attached hydrogen (secondary N) is 2. The average Bonchev–Trinajstić information content (AvgIpc) is 3.01. The Kier molecular flexibility index (Phi) is 7.49. The highest BCUT2D eigenvalue weighted by Crippen LogP contribution is 2.32. The van der Waals surface area contributed by atoms with Gasteiger partial charge >= 0.3 is 0 Å². The molecule has 0 aromatic heterocycles. The number of para-hydroxylation sites is 2. The van der Waals surface area contributed by atoms with Gasteiger partial charge in [-0.1, -0.05) is 50.2 Å². The summed E-state index contributed by atoms with van der Waals surface area (Å²) in [4.78, 5) is 25.3. The molecule has 1 aliphatic heterocycles. The van der Waals surface area contributed by atoms with E-state index in [1.165, 1.54) is 0 Å². The van der Waals surface area contributed by atoms with E-state index in [4.69, 9.17) is 0 Å². The number of sulfone groups is 1. The maximum Gasteiger partial charge on any atom is 0.224 e. The Hall–Kier alpha value is -2.67. The van der Waals surface area contributed by atoms with Crippen LogP contribution in [0.15, 0.2) is 48.5 Å². The quantitative estimate of drug-likeness (QED) is 0.650. The van der Waals surface area contributed by atoms with Crippen LogP contribution in [0.4, 0.5) is 11.4 Å². The standard InChI is InChI=1S/C24H30N2O4S/c1-3-17-9-5-7-11-21(17)25-23(27)13-19-15-31(29,30)16-20(19)14-24(28)26-22-12-8-6-10-18(22)4-2/h5-12,19-20H,3-4,13-16H2,1-2H3,(H,25,27)(H,26,28). The predicted molar refractivity (Wildman–Crippen MR) is 124 cm³/mol. The fraction of sp³-hybridized carbons (Fsp3) is 0.417. The Morgan fingerprint density at radius 3 is 1.55 bits per heavy atom. The summed E-state index contributed by atoms with van der Waals surface area (Å²) in [5, 5.41) is 5.82. The number of aryl methyl sites for hydroxylation is 2. The van der Waals surface area contributed by atoms with Crippen LogP contribution in [0.5, 0.6) is 0 Å². The molecule has 1 aliphatic rings.